The van der Waals surface area contributed by atoms with Crippen LogP contribution in [0.1, 0.15) is 43.0 Å². The maximum absolute atomic E-state index is 11.9. The van der Waals surface area contributed by atoms with E-state index < -0.39 is 132 Å². The van der Waals surface area contributed by atoms with Gasteiger partial charge in [-0.1, -0.05) is 146 Å². The van der Waals surface area contributed by atoms with Gasteiger partial charge in [-0.15, -0.1) is 0 Å². The number of carbonyl (C=O) groups excluding carboxylic acids is 3. The summed E-state index contributed by atoms with van der Waals surface area (Å²) >= 11 is 0. The van der Waals surface area contributed by atoms with Crippen molar-refractivity contribution in [3.8, 4) is 61.8 Å². The number of nitrogens with two attached hydrogens (primary N) is 1. The second kappa shape index (κ2) is 48.4. The van der Waals surface area contributed by atoms with Gasteiger partial charge in [0.25, 0.3) is 43.4 Å². The van der Waals surface area contributed by atoms with Crippen molar-refractivity contribution in [1.82, 2.24) is 18.9 Å². The summed E-state index contributed by atoms with van der Waals surface area (Å²) in [6.07, 6.45) is 4.33. The zero-order valence-corrected chi connectivity index (χ0v) is 77.3. The smallest absolute Gasteiger partial charge is 0.324 e. The molecule has 0 spiro atoms. The van der Waals surface area contributed by atoms with Crippen molar-refractivity contribution in [2.75, 3.05) is 87.9 Å². The number of aliphatic carboxylic acids is 1. The minimum Gasteiger partial charge on any atom is -0.488 e. The lowest BCUT2D eigenvalue weighted by molar-refractivity contribution is -0.143. The number of carbonyl (C=O) groups is 4. The Bertz CT molecular complexity index is 6990. The molecule has 706 valence electrons. The van der Waals surface area contributed by atoms with E-state index in [1.165, 1.54) is 21.3 Å². The predicted molar refractivity (Wildman–Crippen MR) is 515 cm³/mol. The predicted octanol–water partition coefficient (Wildman–Crippen LogP) is 6.87. The molecule has 0 aliphatic carbocycles. The summed E-state index contributed by atoms with van der Waals surface area (Å²) in [7, 11) is -10.7. The van der Waals surface area contributed by atoms with Gasteiger partial charge in [0.2, 0.25) is 51.6 Å². The molecule has 0 fully saturated rings. The van der Waals surface area contributed by atoms with E-state index in [1.54, 1.807) is 118 Å². The van der Waals surface area contributed by atoms with E-state index in [4.69, 9.17) is 25.4 Å². The summed E-state index contributed by atoms with van der Waals surface area (Å²) in [5.41, 5.74) is 13.6. The third-order valence-corrected chi connectivity index (χ3v) is 21.9. The Morgan fingerprint density at radius 2 is 0.597 bits per heavy atom. The largest absolute Gasteiger partial charge is 0.488 e. The molecule has 0 bridgehead atoms. The first-order chi connectivity index (χ1) is 63.3. The van der Waals surface area contributed by atoms with Crippen LogP contribution in [0.15, 0.2) is 242 Å². The molecule has 0 aliphatic heterocycles. The Balaban J connectivity index is 0.000000233. The molecule has 2 unspecified atom stereocenters. The lowest BCUT2D eigenvalue weighted by Crippen LogP contribution is -2.42. The number of hydrogen-bond acceptors (Lipinski definition) is 33. The van der Waals surface area contributed by atoms with Gasteiger partial charge in [0.1, 0.15) is 52.6 Å². The normalized spacial score (nSPS) is 12.0. The van der Waals surface area contributed by atoms with Crippen LogP contribution < -0.4 is 98.2 Å². The van der Waals surface area contributed by atoms with E-state index >= 15 is 0 Å². The minimum atomic E-state index is -3.66. The molecule has 0 radical (unpaired) electrons. The number of anilines is 7. The summed E-state index contributed by atoms with van der Waals surface area (Å²) < 4.78 is 130. The van der Waals surface area contributed by atoms with Crippen LogP contribution >= 0.6 is 0 Å². The number of methoxy groups -OCH3 is 3. The second-order valence-corrected chi connectivity index (χ2v) is 36.2. The Morgan fingerprint density at radius 1 is 0.351 bits per heavy atom. The highest BCUT2D eigenvalue weighted by Crippen LogP contribution is 2.33. The summed E-state index contributed by atoms with van der Waals surface area (Å²) in [5.74, 6) is -3.05. The Morgan fingerprint density at radius 3 is 0.858 bits per heavy atom. The summed E-state index contributed by atoms with van der Waals surface area (Å²) in [6.45, 7) is 15.3. The lowest BCUT2D eigenvalue weighted by atomic mass is 10.0. The average molecular weight is 1920 g/mol. The molecule has 0 saturated heterocycles. The van der Waals surface area contributed by atoms with Gasteiger partial charge in [-0.2, -0.15) is 0 Å². The number of ether oxygens (including phenoxy) is 6. The van der Waals surface area contributed by atoms with Gasteiger partial charge < -0.3 is 60.6 Å². The van der Waals surface area contributed by atoms with Gasteiger partial charge in [-0.05, 0) is 182 Å². The molecule has 0 amide bonds. The summed E-state index contributed by atoms with van der Waals surface area (Å²) in [4.78, 5) is 146. The third-order valence-electron chi connectivity index (χ3n) is 19.0. The molecule has 0 heterocycles. The third kappa shape index (κ3) is 30.4. The fourth-order valence-corrected chi connectivity index (χ4v) is 15.7. The van der Waals surface area contributed by atoms with E-state index in [-0.39, 0.29) is 78.0 Å². The van der Waals surface area contributed by atoms with Crippen molar-refractivity contribution >= 4 is 135 Å². The molecule has 0 aromatic heterocycles. The van der Waals surface area contributed by atoms with Crippen LogP contribution in [0.2, 0.25) is 0 Å². The highest BCUT2D eigenvalue weighted by atomic mass is 32.2. The quantitative estimate of drug-likeness (QED) is 0.00620. The van der Waals surface area contributed by atoms with Crippen LogP contribution in [0.5, 0.6) is 17.2 Å². The number of hydrogen-bond donors (Lipinski definition) is 10. The minimum absolute atomic E-state index is 0.00803. The fourth-order valence-electron chi connectivity index (χ4n) is 12.9. The number of aliphatic imine (C=N–C) groups is 2. The van der Waals surface area contributed by atoms with Crippen LogP contribution in [0.3, 0.4) is 0 Å². The summed E-state index contributed by atoms with van der Waals surface area (Å²) in [5, 5.41) is 23.5. The van der Waals surface area contributed by atoms with Crippen LogP contribution in [-0.4, -0.2) is 173 Å². The molecule has 38 nitrogen and oxygen atoms in total. The van der Waals surface area contributed by atoms with Crippen molar-refractivity contribution < 1.29 is 86.4 Å². The molecular formula is C92H97N11O27S4. The SMILES string of the molecule is C=N.C=Nc1c(Nc2cccc(-c3ccc(CC(NS(C)(=O)=O)C(=O)O)cc3)c2)c(=O)c1=O.C=Nc1c(Nc2cccc(-c3ccc(CC(NS(C)(=O)=O)C(=O)OC)cc3)c2)c(=O)c1=O.CCOc1c(Nc2cccc(-c3ccc(C[C@H](NS(C)(=O)=O)C(=O)OC)cc3)c2)c(=O)c1=O.CCOc1c(OCC)c(=O)c1=O.COC(=O)[C@H](Cc1ccc(-c2cccc(N)c2)cc1)NS(C)(=O)=O. The molecule has 12 aromatic rings. The van der Waals surface area contributed by atoms with E-state index in [0.29, 0.717) is 41.5 Å². The first kappa shape index (κ1) is 106. The van der Waals surface area contributed by atoms with Crippen LogP contribution in [0, 0.1) is 5.41 Å². The number of nitrogen functional groups attached to an aromatic ring is 1. The van der Waals surface area contributed by atoms with E-state index in [0.717, 1.165) is 86.2 Å². The molecule has 11 N–H and O–H groups in total. The number of benzene rings is 8. The first-order valence-electron chi connectivity index (χ1n) is 40.0. The molecular weight excluding hydrogens is 1820 g/mol. The summed E-state index contributed by atoms with van der Waals surface area (Å²) in [6, 6.07) is 53.8. The number of nitrogens with zero attached hydrogens (tertiary/aromatic N) is 2. The van der Waals surface area contributed by atoms with E-state index in [9.17, 15) is 96.3 Å². The zero-order valence-electron chi connectivity index (χ0n) is 74.0. The number of rotatable bonds is 38. The molecule has 42 heteroatoms. The molecule has 0 aliphatic rings. The highest BCUT2D eigenvalue weighted by Gasteiger charge is 2.30. The van der Waals surface area contributed by atoms with E-state index in [1.807, 2.05) is 97.1 Å². The topological polar surface area (TPSA) is 576 Å². The monoisotopic (exact) mass is 1920 g/mol. The molecule has 12 rings (SSSR count). The van der Waals surface area contributed by atoms with Gasteiger partial charge in [-0.3, -0.25) is 67.5 Å². The van der Waals surface area contributed by atoms with Crippen molar-refractivity contribution in [3.63, 3.8) is 0 Å². The zero-order chi connectivity index (χ0) is 99.3. The lowest BCUT2D eigenvalue weighted by Gasteiger charge is -2.16. The van der Waals surface area contributed by atoms with Crippen molar-refractivity contribution in [1.29, 1.82) is 5.41 Å². The average Bonchev–Trinajstić information content (AvgIpc) is 0.522. The van der Waals surface area contributed by atoms with Gasteiger partial charge >= 0.3 is 23.9 Å². The van der Waals surface area contributed by atoms with Gasteiger partial charge in [0, 0.05) is 22.7 Å². The number of nitrogens with one attached hydrogen (secondary N) is 8. The van der Waals surface area contributed by atoms with Crippen LogP contribution in [-0.2, 0) is 99.2 Å². The first-order valence-corrected chi connectivity index (χ1v) is 47.6. The molecule has 12 aromatic carbocycles. The number of esters is 3. The van der Waals surface area contributed by atoms with Crippen LogP contribution in [0.4, 0.5) is 51.2 Å². The Kier molecular flexibility index (Phi) is 38.4. The molecule has 4 atom stereocenters. The van der Waals surface area contributed by atoms with E-state index in [2.05, 4.69) is 79.2 Å². The maximum Gasteiger partial charge on any atom is 0.324 e. The highest BCUT2D eigenvalue weighted by molar-refractivity contribution is 7.89. The number of carboxylic acids is 1. The number of sulfonamides is 4. The van der Waals surface area contributed by atoms with Crippen molar-refractivity contribution in [3.05, 3.63) is 298 Å². The second-order valence-electron chi connectivity index (χ2n) is 29.1. The molecule has 134 heavy (non-hydrogen) atoms. The van der Waals surface area contributed by atoms with Gasteiger partial charge in [0.15, 0.2) is 5.75 Å². The standard InChI is InChI=1S/C23H24N2O7S.C22H21N3O6S.C21H19N3O6S.C17H20N2O4S.C8H10O4.CH3N/c1-4-32-22-19(20(26)21(22)27)24-17-7-5-6-16(13-17)15-10-8-14(9-11-15)12-18(23(28)31-2)25-33(3,29)30;1-23-18-19(21(27)20(18)26)24-16-6-4-5-15(12-16)14-9-7-13(8-10-14)11-17(22(28)31-2)25-32(3,29)30;1-22-17-18(20(26)19(17)25)23-15-5-3-4-14(11-15)13-8-6-12(7-9-13)10-16(21(27)28)24-31(2,29)30;1-23-17(20)16(19-24(2,21)22)10-12-6-8-13(9-7-12)14-4-3-5-15(18)11-14;1-3-11-7-5(9)6(10)8(7)12-4-2;1-2/h5-11,13,18,24-25H,4,12H2,1-3H3;4-10,12,17,24-25H,1,11H2,2-3H3;3-9,11,16,23-24H,1,10H2,2H3,(H,27,28);3-9,11,16,19H,10,18H2,1-2H3;3-4H2,1-2H3;2H,1H2/t18-;;;16-;;/m0..0../s1. The molecule has 0 saturated carbocycles. The van der Waals surface area contributed by atoms with Gasteiger partial charge in [0.05, 0.1) is 66.2 Å². The maximum atomic E-state index is 11.9. The van der Waals surface area contributed by atoms with Crippen LogP contribution in [0.25, 0.3) is 44.5 Å². The Hall–Kier alpha value is -14.8. The Labute approximate surface area is 769 Å². The fraction of sp³-hybridized carbons (Fsp3) is 0.228. The van der Waals surface area contributed by atoms with Crippen molar-refractivity contribution in [2.45, 2.75) is 70.6 Å². The number of carboxylic acid groups (broad SMARTS) is 1. The van der Waals surface area contributed by atoms with Gasteiger partial charge in [-0.25, -0.2) is 52.6 Å². The van der Waals surface area contributed by atoms with Crippen molar-refractivity contribution in [2.24, 2.45) is 9.98 Å².